The molecule has 1 rings (SSSR count). The summed E-state index contributed by atoms with van der Waals surface area (Å²) < 4.78 is 0. The van der Waals surface area contributed by atoms with Crippen molar-refractivity contribution in [3.8, 4) is 6.07 Å². The minimum atomic E-state index is 0.148. The fourth-order valence-corrected chi connectivity index (χ4v) is 2.11. The van der Waals surface area contributed by atoms with E-state index in [1.165, 1.54) is 5.57 Å². The molecule has 1 aromatic heterocycles. The number of allylic oxidation sites excluding steroid dienone is 4. The number of aromatic nitrogens is 1. The first kappa shape index (κ1) is 16.9. The van der Waals surface area contributed by atoms with E-state index in [0.29, 0.717) is 11.3 Å². The SMILES string of the molecule is C=Cc1ncc(CC/C=C(\C=C/C)C(C)(C)C)cc1C#N. The Morgan fingerprint density at radius 1 is 1.43 bits per heavy atom. The molecule has 0 amide bonds. The predicted molar refractivity (Wildman–Crippen MR) is 89.7 cm³/mol. The molecule has 0 unspecified atom stereocenters. The Labute approximate surface area is 128 Å². The summed E-state index contributed by atoms with van der Waals surface area (Å²) in [7, 11) is 0. The van der Waals surface area contributed by atoms with Gasteiger partial charge in [0.1, 0.15) is 6.07 Å². The van der Waals surface area contributed by atoms with Gasteiger partial charge in [0, 0.05) is 6.20 Å². The van der Waals surface area contributed by atoms with Gasteiger partial charge in [-0.05, 0) is 48.5 Å². The average molecular weight is 280 g/mol. The van der Waals surface area contributed by atoms with Crippen LogP contribution in [0.3, 0.4) is 0 Å². The minimum absolute atomic E-state index is 0.148. The van der Waals surface area contributed by atoms with E-state index in [0.717, 1.165) is 18.4 Å². The Hall–Kier alpha value is -2.14. The molecule has 0 fully saturated rings. The van der Waals surface area contributed by atoms with Crippen LogP contribution in [-0.2, 0) is 6.42 Å². The van der Waals surface area contributed by atoms with Gasteiger partial charge in [-0.15, -0.1) is 0 Å². The number of nitrogens with zero attached hydrogens (tertiary/aromatic N) is 2. The number of pyridine rings is 1. The maximum Gasteiger partial charge on any atom is 0.101 e. The second-order valence-corrected chi connectivity index (χ2v) is 6.04. The average Bonchev–Trinajstić information content (AvgIpc) is 2.45. The van der Waals surface area contributed by atoms with Gasteiger partial charge in [0.15, 0.2) is 0 Å². The van der Waals surface area contributed by atoms with Gasteiger partial charge >= 0.3 is 0 Å². The van der Waals surface area contributed by atoms with Gasteiger partial charge < -0.3 is 0 Å². The molecule has 1 heterocycles. The van der Waals surface area contributed by atoms with Crippen molar-refractivity contribution in [1.29, 1.82) is 5.26 Å². The van der Waals surface area contributed by atoms with Crippen molar-refractivity contribution in [2.45, 2.75) is 40.5 Å². The maximum absolute atomic E-state index is 9.11. The zero-order valence-electron chi connectivity index (χ0n) is 13.5. The van der Waals surface area contributed by atoms with Crippen molar-refractivity contribution in [2.24, 2.45) is 5.41 Å². The zero-order chi connectivity index (χ0) is 15.9. The standard InChI is InChI=1S/C19H24N2/c1-6-9-17(19(3,4)5)11-8-10-15-12-16(13-20)18(7-2)21-14-15/h6-7,9,11-12,14H,2,8,10H2,1,3-5H3/b9-6-,17-11+. The van der Waals surface area contributed by atoms with E-state index in [-0.39, 0.29) is 5.41 Å². The van der Waals surface area contributed by atoms with E-state index < -0.39 is 0 Å². The Bertz CT molecular complexity index is 593. The minimum Gasteiger partial charge on any atom is -0.255 e. The van der Waals surface area contributed by atoms with Gasteiger partial charge in [-0.1, -0.05) is 45.6 Å². The summed E-state index contributed by atoms with van der Waals surface area (Å²) in [5, 5.41) is 9.11. The monoisotopic (exact) mass is 280 g/mol. The third-order valence-corrected chi connectivity index (χ3v) is 3.30. The van der Waals surface area contributed by atoms with Crippen molar-refractivity contribution >= 4 is 6.08 Å². The summed E-state index contributed by atoms with van der Waals surface area (Å²) in [5.74, 6) is 0. The highest BCUT2D eigenvalue weighted by molar-refractivity contribution is 5.52. The molecule has 0 aliphatic heterocycles. The van der Waals surface area contributed by atoms with Crippen LogP contribution >= 0.6 is 0 Å². The topological polar surface area (TPSA) is 36.7 Å². The molecular formula is C19H24N2. The molecule has 0 aliphatic carbocycles. The summed E-state index contributed by atoms with van der Waals surface area (Å²) in [4.78, 5) is 4.28. The Morgan fingerprint density at radius 3 is 2.67 bits per heavy atom. The molecule has 0 spiro atoms. The van der Waals surface area contributed by atoms with Crippen LogP contribution in [0.2, 0.25) is 0 Å². The van der Waals surface area contributed by atoms with Crippen LogP contribution < -0.4 is 0 Å². The van der Waals surface area contributed by atoms with Crippen molar-refractivity contribution in [2.75, 3.05) is 0 Å². The molecule has 0 atom stereocenters. The largest absolute Gasteiger partial charge is 0.255 e. The maximum atomic E-state index is 9.11. The lowest BCUT2D eigenvalue weighted by molar-refractivity contribution is 0.514. The third-order valence-electron chi connectivity index (χ3n) is 3.30. The van der Waals surface area contributed by atoms with Crippen molar-refractivity contribution in [1.82, 2.24) is 4.98 Å². The molecule has 1 aromatic rings. The first-order valence-corrected chi connectivity index (χ1v) is 7.27. The second-order valence-electron chi connectivity index (χ2n) is 6.04. The lowest BCUT2D eigenvalue weighted by Gasteiger charge is -2.20. The fourth-order valence-electron chi connectivity index (χ4n) is 2.11. The molecule has 21 heavy (non-hydrogen) atoms. The Morgan fingerprint density at radius 2 is 2.14 bits per heavy atom. The van der Waals surface area contributed by atoms with Crippen LogP contribution in [0.1, 0.15) is 50.9 Å². The molecule has 0 saturated heterocycles. The highest BCUT2D eigenvalue weighted by Gasteiger charge is 2.13. The van der Waals surface area contributed by atoms with Crippen LogP contribution in [0, 0.1) is 16.7 Å². The van der Waals surface area contributed by atoms with Gasteiger partial charge in [-0.25, -0.2) is 0 Å². The van der Waals surface area contributed by atoms with E-state index in [1.54, 1.807) is 6.08 Å². The second kappa shape index (κ2) is 7.59. The molecule has 0 aromatic carbocycles. The van der Waals surface area contributed by atoms with E-state index in [4.69, 9.17) is 5.26 Å². The van der Waals surface area contributed by atoms with Gasteiger partial charge in [0.05, 0.1) is 11.3 Å². The summed E-state index contributed by atoms with van der Waals surface area (Å²) in [6.45, 7) is 12.4. The number of hydrogen-bond donors (Lipinski definition) is 0. The molecule has 0 saturated carbocycles. The van der Waals surface area contributed by atoms with Crippen molar-refractivity contribution in [3.05, 3.63) is 59.5 Å². The Kier molecular flexibility index (Phi) is 6.11. The van der Waals surface area contributed by atoms with Crippen molar-refractivity contribution < 1.29 is 0 Å². The normalized spacial score (nSPS) is 12.4. The predicted octanol–water partition coefficient (Wildman–Crippen LogP) is 5.08. The zero-order valence-corrected chi connectivity index (χ0v) is 13.5. The lowest BCUT2D eigenvalue weighted by atomic mass is 9.85. The first-order chi connectivity index (χ1) is 9.92. The summed E-state index contributed by atoms with van der Waals surface area (Å²) >= 11 is 0. The molecule has 0 bridgehead atoms. The number of rotatable bonds is 5. The molecule has 2 nitrogen and oxygen atoms in total. The quantitative estimate of drug-likeness (QED) is 0.705. The Balaban J connectivity index is 2.84. The van der Waals surface area contributed by atoms with Crippen LogP contribution in [0.15, 0.2) is 42.6 Å². The highest BCUT2D eigenvalue weighted by Crippen LogP contribution is 2.27. The number of hydrogen-bond acceptors (Lipinski definition) is 2. The number of nitriles is 1. The smallest absolute Gasteiger partial charge is 0.101 e. The fraction of sp³-hybridized carbons (Fsp3) is 0.368. The molecule has 0 aliphatic rings. The van der Waals surface area contributed by atoms with Crippen LogP contribution in [0.25, 0.3) is 6.08 Å². The van der Waals surface area contributed by atoms with Crippen molar-refractivity contribution in [3.63, 3.8) is 0 Å². The van der Waals surface area contributed by atoms with Crippen LogP contribution in [0.5, 0.6) is 0 Å². The molecular weight excluding hydrogens is 256 g/mol. The highest BCUT2D eigenvalue weighted by atomic mass is 14.7. The van der Waals surface area contributed by atoms with E-state index in [1.807, 2.05) is 19.2 Å². The van der Waals surface area contributed by atoms with Crippen LogP contribution in [-0.4, -0.2) is 4.98 Å². The molecule has 2 heteroatoms. The van der Waals surface area contributed by atoms with Gasteiger partial charge in [-0.2, -0.15) is 5.26 Å². The lowest BCUT2D eigenvalue weighted by Crippen LogP contribution is -2.07. The third kappa shape index (κ3) is 5.04. The molecule has 110 valence electrons. The van der Waals surface area contributed by atoms with Gasteiger partial charge in [-0.3, -0.25) is 4.98 Å². The van der Waals surface area contributed by atoms with Gasteiger partial charge in [0.25, 0.3) is 0 Å². The summed E-state index contributed by atoms with van der Waals surface area (Å²) in [6, 6.07) is 4.08. The molecule has 0 radical (unpaired) electrons. The van der Waals surface area contributed by atoms with E-state index >= 15 is 0 Å². The molecule has 0 N–H and O–H groups in total. The van der Waals surface area contributed by atoms with E-state index in [9.17, 15) is 0 Å². The van der Waals surface area contributed by atoms with Crippen LogP contribution in [0.4, 0.5) is 0 Å². The summed E-state index contributed by atoms with van der Waals surface area (Å²) in [5.41, 5.74) is 3.82. The van der Waals surface area contributed by atoms with E-state index in [2.05, 4.69) is 56.6 Å². The van der Waals surface area contributed by atoms with Gasteiger partial charge in [0.2, 0.25) is 0 Å². The summed E-state index contributed by atoms with van der Waals surface area (Å²) in [6.07, 6.45) is 11.8. The first-order valence-electron chi connectivity index (χ1n) is 7.27. The number of aryl methyl sites for hydroxylation is 1.